The third-order valence-corrected chi connectivity index (χ3v) is 5.86. The number of hydrogen-bond donors (Lipinski definition) is 1. The predicted octanol–water partition coefficient (Wildman–Crippen LogP) is 7.21. The van der Waals surface area contributed by atoms with Crippen molar-refractivity contribution in [2.45, 2.75) is 13.8 Å². The summed E-state index contributed by atoms with van der Waals surface area (Å²) in [5.41, 5.74) is 10.0. The van der Waals surface area contributed by atoms with E-state index in [4.69, 9.17) is 4.98 Å². The zero-order chi connectivity index (χ0) is 20.8. The number of allylic oxidation sites excluding steroid dienone is 1. The van der Waals surface area contributed by atoms with Crippen LogP contribution in [0, 0.1) is 13.8 Å². The fraction of sp³-hybridized carbons (Fsp3) is 0.0769. The molecule has 1 aromatic heterocycles. The molecule has 4 heteroatoms. The Labute approximate surface area is 181 Å². The number of rotatable bonds is 6. The van der Waals surface area contributed by atoms with Gasteiger partial charge < -0.3 is 0 Å². The van der Waals surface area contributed by atoms with Crippen LogP contribution in [0.4, 0.5) is 5.13 Å². The molecule has 0 amide bonds. The van der Waals surface area contributed by atoms with Crippen molar-refractivity contribution in [1.29, 1.82) is 0 Å². The molecule has 0 saturated carbocycles. The van der Waals surface area contributed by atoms with Crippen LogP contribution in [0.25, 0.3) is 27.8 Å². The number of aromatic nitrogens is 1. The third kappa shape index (κ3) is 4.73. The number of hydrogen-bond acceptors (Lipinski definition) is 4. The molecule has 0 saturated heterocycles. The highest BCUT2D eigenvalue weighted by atomic mass is 32.1. The van der Waals surface area contributed by atoms with Crippen molar-refractivity contribution in [3.63, 3.8) is 0 Å². The second kappa shape index (κ2) is 9.33. The van der Waals surface area contributed by atoms with Crippen molar-refractivity contribution in [3.8, 4) is 21.7 Å². The first-order valence-corrected chi connectivity index (χ1v) is 10.7. The first-order valence-electron chi connectivity index (χ1n) is 9.85. The summed E-state index contributed by atoms with van der Waals surface area (Å²) in [6.45, 7) is 4.26. The summed E-state index contributed by atoms with van der Waals surface area (Å²) in [5.74, 6) is 0. The number of thiazole rings is 1. The molecule has 0 atom stereocenters. The van der Waals surface area contributed by atoms with Crippen molar-refractivity contribution in [1.82, 2.24) is 4.98 Å². The molecule has 0 aliphatic rings. The highest BCUT2D eigenvalue weighted by Gasteiger charge is 2.15. The zero-order valence-electron chi connectivity index (χ0n) is 17.0. The smallest absolute Gasteiger partial charge is 0.204 e. The van der Waals surface area contributed by atoms with E-state index in [1.165, 1.54) is 11.1 Å². The average molecular weight is 410 g/mol. The minimum atomic E-state index is 0.770. The third-order valence-electron chi connectivity index (χ3n) is 4.85. The van der Waals surface area contributed by atoms with Crippen molar-refractivity contribution < 1.29 is 0 Å². The summed E-state index contributed by atoms with van der Waals surface area (Å²) >= 11 is 1.61. The molecule has 0 aliphatic carbocycles. The van der Waals surface area contributed by atoms with Gasteiger partial charge >= 0.3 is 0 Å². The fourth-order valence-corrected chi connectivity index (χ4v) is 4.03. The number of anilines is 1. The van der Waals surface area contributed by atoms with Gasteiger partial charge in [0, 0.05) is 11.8 Å². The maximum absolute atomic E-state index is 4.85. The maximum Gasteiger partial charge on any atom is 0.204 e. The first kappa shape index (κ1) is 19.8. The van der Waals surface area contributed by atoms with Crippen LogP contribution in [0.5, 0.6) is 0 Å². The van der Waals surface area contributed by atoms with Crippen molar-refractivity contribution >= 4 is 28.8 Å². The molecule has 4 rings (SSSR count). The Morgan fingerprint density at radius 1 is 0.833 bits per heavy atom. The minimum Gasteiger partial charge on any atom is -0.253 e. The standard InChI is InChI=1S/C26H23N3S/c1-19-15-16-23(18-20(19)2)24-25(22-13-7-4-8-14-22)30-26(28-24)29-27-17-9-12-21-10-5-3-6-11-21/h3-18H,1-2H3,(H,28,29)/b12-9+,27-17-. The van der Waals surface area contributed by atoms with E-state index in [0.717, 1.165) is 32.4 Å². The second-order valence-corrected chi connectivity index (χ2v) is 8.02. The van der Waals surface area contributed by atoms with E-state index >= 15 is 0 Å². The Hall–Kier alpha value is -3.50. The molecule has 0 aliphatic heterocycles. The van der Waals surface area contributed by atoms with Crippen LogP contribution < -0.4 is 5.43 Å². The minimum absolute atomic E-state index is 0.770. The topological polar surface area (TPSA) is 37.3 Å². The quantitative estimate of drug-likeness (QED) is 0.270. The van der Waals surface area contributed by atoms with E-state index < -0.39 is 0 Å². The summed E-state index contributed by atoms with van der Waals surface area (Å²) < 4.78 is 0. The first-order chi connectivity index (χ1) is 14.7. The Morgan fingerprint density at radius 2 is 1.57 bits per heavy atom. The lowest BCUT2D eigenvalue weighted by molar-refractivity contribution is 1.28. The molecule has 1 N–H and O–H groups in total. The molecule has 1 heterocycles. The maximum atomic E-state index is 4.85. The van der Waals surface area contributed by atoms with Gasteiger partial charge in [-0.1, -0.05) is 90.2 Å². The van der Waals surface area contributed by atoms with Crippen LogP contribution in [-0.4, -0.2) is 11.2 Å². The summed E-state index contributed by atoms with van der Waals surface area (Å²) in [5, 5.41) is 5.09. The molecule has 0 radical (unpaired) electrons. The van der Waals surface area contributed by atoms with Gasteiger partial charge in [-0.05, 0) is 48.2 Å². The van der Waals surface area contributed by atoms with Crippen LogP contribution in [0.2, 0.25) is 0 Å². The van der Waals surface area contributed by atoms with E-state index in [-0.39, 0.29) is 0 Å². The van der Waals surface area contributed by atoms with Crippen LogP contribution >= 0.6 is 11.3 Å². The van der Waals surface area contributed by atoms with E-state index in [9.17, 15) is 0 Å². The summed E-state index contributed by atoms with van der Waals surface area (Å²) in [4.78, 5) is 5.99. The Kier molecular flexibility index (Phi) is 6.16. The Bertz CT molecular complexity index is 1180. The summed E-state index contributed by atoms with van der Waals surface area (Å²) in [6.07, 6.45) is 5.67. The van der Waals surface area contributed by atoms with Gasteiger partial charge in [-0.25, -0.2) is 4.98 Å². The molecule has 3 nitrogen and oxygen atoms in total. The molecule has 0 fully saturated rings. The van der Waals surface area contributed by atoms with E-state index in [0.29, 0.717) is 0 Å². The van der Waals surface area contributed by atoms with Gasteiger partial charge in [0.25, 0.3) is 0 Å². The van der Waals surface area contributed by atoms with Gasteiger partial charge in [0.05, 0.1) is 10.6 Å². The largest absolute Gasteiger partial charge is 0.253 e. The molecule has 0 bridgehead atoms. The highest BCUT2D eigenvalue weighted by molar-refractivity contribution is 7.19. The second-order valence-electron chi connectivity index (χ2n) is 7.02. The number of aryl methyl sites for hydroxylation is 2. The Morgan fingerprint density at radius 3 is 2.30 bits per heavy atom. The molecular weight excluding hydrogens is 386 g/mol. The predicted molar refractivity (Wildman–Crippen MR) is 130 cm³/mol. The molecule has 4 aromatic rings. The Balaban J connectivity index is 1.60. The van der Waals surface area contributed by atoms with Crippen molar-refractivity contribution in [2.75, 3.05) is 5.43 Å². The van der Waals surface area contributed by atoms with Gasteiger partial charge in [0.1, 0.15) is 0 Å². The van der Waals surface area contributed by atoms with Gasteiger partial charge in [0.15, 0.2) is 0 Å². The van der Waals surface area contributed by atoms with Gasteiger partial charge in [-0.15, -0.1) is 0 Å². The molecule has 30 heavy (non-hydrogen) atoms. The zero-order valence-corrected chi connectivity index (χ0v) is 17.9. The highest BCUT2D eigenvalue weighted by Crippen LogP contribution is 2.39. The monoisotopic (exact) mass is 409 g/mol. The summed E-state index contributed by atoms with van der Waals surface area (Å²) in [7, 11) is 0. The lowest BCUT2D eigenvalue weighted by Crippen LogP contribution is -1.89. The summed E-state index contributed by atoms with van der Waals surface area (Å²) in [6, 6.07) is 27.0. The number of benzene rings is 3. The molecule has 148 valence electrons. The number of nitrogens with zero attached hydrogens (tertiary/aromatic N) is 2. The molecule has 3 aromatic carbocycles. The van der Waals surface area contributed by atoms with Crippen LogP contribution in [-0.2, 0) is 0 Å². The van der Waals surface area contributed by atoms with Crippen molar-refractivity contribution in [3.05, 3.63) is 102 Å². The van der Waals surface area contributed by atoms with E-state index in [1.54, 1.807) is 17.6 Å². The fourth-order valence-electron chi connectivity index (χ4n) is 3.09. The lowest BCUT2D eigenvalue weighted by Gasteiger charge is -2.05. The van der Waals surface area contributed by atoms with Gasteiger partial charge in [-0.2, -0.15) is 5.10 Å². The van der Waals surface area contributed by atoms with Gasteiger partial charge in [-0.3, -0.25) is 5.43 Å². The molecule has 0 spiro atoms. The molecular formula is C26H23N3S. The van der Waals surface area contributed by atoms with E-state index in [1.807, 2.05) is 36.4 Å². The molecule has 0 unspecified atom stereocenters. The van der Waals surface area contributed by atoms with Crippen LogP contribution in [0.3, 0.4) is 0 Å². The van der Waals surface area contributed by atoms with E-state index in [2.05, 4.69) is 79.0 Å². The number of nitrogens with one attached hydrogen (secondary N) is 1. The van der Waals surface area contributed by atoms with Crippen LogP contribution in [0.15, 0.2) is 90.0 Å². The lowest BCUT2D eigenvalue weighted by atomic mass is 10.0. The SMILES string of the molecule is Cc1ccc(-c2nc(N/N=C\C=C\c3ccccc3)sc2-c2ccccc2)cc1C. The normalized spacial score (nSPS) is 11.4. The van der Waals surface area contributed by atoms with Crippen molar-refractivity contribution in [2.24, 2.45) is 5.10 Å². The number of hydrazone groups is 1. The van der Waals surface area contributed by atoms with Gasteiger partial charge in [0.2, 0.25) is 5.13 Å². The average Bonchev–Trinajstić information content (AvgIpc) is 3.21. The van der Waals surface area contributed by atoms with Crippen LogP contribution in [0.1, 0.15) is 16.7 Å².